The van der Waals surface area contributed by atoms with E-state index in [-0.39, 0.29) is 0 Å². The number of nitrogens with zero attached hydrogens (tertiary/aromatic N) is 1. The van der Waals surface area contributed by atoms with Gasteiger partial charge in [0.25, 0.3) is 0 Å². The lowest BCUT2D eigenvalue weighted by Gasteiger charge is -2.08. The first-order valence-corrected chi connectivity index (χ1v) is 6.18. The van der Waals surface area contributed by atoms with E-state index in [1.165, 1.54) is 5.56 Å². The van der Waals surface area contributed by atoms with Crippen LogP contribution in [0.4, 0.5) is 11.4 Å². The number of hydrogen-bond acceptors (Lipinski definition) is 3. The first-order valence-electron chi connectivity index (χ1n) is 5.39. The second-order valence-electron chi connectivity index (χ2n) is 3.70. The Balaban J connectivity index is 2.02. The van der Waals surface area contributed by atoms with Gasteiger partial charge in [0.05, 0.1) is 23.8 Å². The predicted molar refractivity (Wildman–Crippen MR) is 75.3 cm³/mol. The number of halogens is 1. The summed E-state index contributed by atoms with van der Waals surface area (Å²) in [5.41, 5.74) is 3.25. The number of nitrogens with one attached hydrogen (secondary N) is 2. The number of pyridine rings is 1. The number of benzene rings is 1. The van der Waals surface area contributed by atoms with Crippen LogP contribution in [0.15, 0.2) is 47.2 Å². The molecule has 1 aromatic heterocycles. The van der Waals surface area contributed by atoms with Crippen LogP contribution in [0, 0.1) is 0 Å². The summed E-state index contributed by atoms with van der Waals surface area (Å²) in [5.74, 6) is 0. The Bertz CT molecular complexity index is 500. The summed E-state index contributed by atoms with van der Waals surface area (Å²) in [6.07, 6.45) is 3.61. The van der Waals surface area contributed by atoms with Gasteiger partial charge in [-0.05, 0) is 23.8 Å². The van der Waals surface area contributed by atoms with Gasteiger partial charge in [0.1, 0.15) is 0 Å². The highest BCUT2D eigenvalue weighted by atomic mass is 79.9. The van der Waals surface area contributed by atoms with Crippen LogP contribution in [0.2, 0.25) is 0 Å². The number of hydrogen-bond donors (Lipinski definition) is 2. The van der Waals surface area contributed by atoms with Crippen LogP contribution in [0.5, 0.6) is 0 Å². The molecular weight excluding hydrogens is 278 g/mol. The molecule has 0 amide bonds. The smallest absolute Gasteiger partial charge is 0.0550 e. The van der Waals surface area contributed by atoms with Gasteiger partial charge < -0.3 is 10.6 Å². The van der Waals surface area contributed by atoms with Crippen molar-refractivity contribution < 1.29 is 0 Å². The summed E-state index contributed by atoms with van der Waals surface area (Å²) < 4.78 is 1.10. The molecule has 0 unspecified atom stereocenters. The molecule has 0 bridgehead atoms. The Morgan fingerprint density at radius 1 is 1.18 bits per heavy atom. The summed E-state index contributed by atoms with van der Waals surface area (Å²) in [7, 11) is 1.88. The van der Waals surface area contributed by atoms with E-state index in [1.54, 1.807) is 6.20 Å². The number of rotatable bonds is 4. The van der Waals surface area contributed by atoms with Gasteiger partial charge in [-0.15, -0.1) is 0 Å². The summed E-state index contributed by atoms with van der Waals surface area (Å²) in [4.78, 5) is 4.15. The Kier molecular flexibility index (Phi) is 3.98. The lowest BCUT2D eigenvalue weighted by atomic mass is 10.2. The second kappa shape index (κ2) is 5.68. The predicted octanol–water partition coefficient (Wildman–Crippen LogP) is 3.50. The van der Waals surface area contributed by atoms with E-state index in [9.17, 15) is 0 Å². The summed E-state index contributed by atoms with van der Waals surface area (Å²) in [6, 6.07) is 10.3. The molecule has 0 aliphatic rings. The van der Waals surface area contributed by atoms with Gasteiger partial charge in [-0.1, -0.05) is 28.1 Å². The fourth-order valence-electron chi connectivity index (χ4n) is 1.52. The van der Waals surface area contributed by atoms with E-state index in [0.717, 1.165) is 22.4 Å². The van der Waals surface area contributed by atoms with E-state index < -0.39 is 0 Å². The molecule has 1 aromatic carbocycles. The highest BCUT2D eigenvalue weighted by Crippen LogP contribution is 2.15. The number of anilines is 2. The van der Waals surface area contributed by atoms with Gasteiger partial charge in [0, 0.05) is 18.1 Å². The molecule has 3 nitrogen and oxygen atoms in total. The maximum Gasteiger partial charge on any atom is 0.0550 e. The third kappa shape index (κ3) is 3.46. The van der Waals surface area contributed by atoms with Crippen molar-refractivity contribution >= 4 is 27.3 Å². The Morgan fingerprint density at radius 2 is 2.00 bits per heavy atom. The minimum absolute atomic E-state index is 0.786. The molecule has 1 heterocycles. The summed E-state index contributed by atoms with van der Waals surface area (Å²) in [6.45, 7) is 0.786. The lowest BCUT2D eigenvalue weighted by molar-refractivity contribution is 1.13. The lowest BCUT2D eigenvalue weighted by Crippen LogP contribution is -2.00. The van der Waals surface area contributed by atoms with Gasteiger partial charge in [0.2, 0.25) is 0 Å². The van der Waals surface area contributed by atoms with Crippen LogP contribution in [-0.4, -0.2) is 12.0 Å². The average molecular weight is 292 g/mol. The maximum absolute atomic E-state index is 4.15. The van der Waals surface area contributed by atoms with Crippen LogP contribution in [0.1, 0.15) is 5.56 Å². The van der Waals surface area contributed by atoms with Crippen molar-refractivity contribution in [1.29, 1.82) is 0 Å². The largest absolute Gasteiger partial charge is 0.387 e. The van der Waals surface area contributed by atoms with Gasteiger partial charge in [-0.25, -0.2) is 0 Å². The maximum atomic E-state index is 4.15. The fraction of sp³-hybridized carbons (Fsp3) is 0.154. The summed E-state index contributed by atoms with van der Waals surface area (Å²) >= 11 is 3.46. The van der Waals surface area contributed by atoms with Crippen molar-refractivity contribution in [2.45, 2.75) is 6.54 Å². The van der Waals surface area contributed by atoms with Crippen LogP contribution < -0.4 is 10.6 Å². The molecule has 2 aromatic rings. The van der Waals surface area contributed by atoms with Crippen molar-refractivity contribution in [3.63, 3.8) is 0 Å². The van der Waals surface area contributed by atoms with Gasteiger partial charge in [-0.3, -0.25) is 4.98 Å². The Hall–Kier alpha value is -1.55. The van der Waals surface area contributed by atoms with Crippen molar-refractivity contribution in [3.05, 3.63) is 52.8 Å². The van der Waals surface area contributed by atoms with Crippen LogP contribution >= 0.6 is 15.9 Å². The van der Waals surface area contributed by atoms with Crippen molar-refractivity contribution in [3.8, 4) is 0 Å². The molecule has 0 atom stereocenters. The zero-order valence-electron chi connectivity index (χ0n) is 9.57. The van der Waals surface area contributed by atoms with Crippen LogP contribution in [-0.2, 0) is 6.54 Å². The quantitative estimate of drug-likeness (QED) is 0.905. The van der Waals surface area contributed by atoms with Crippen LogP contribution in [0.25, 0.3) is 0 Å². The Morgan fingerprint density at radius 3 is 2.76 bits per heavy atom. The zero-order valence-corrected chi connectivity index (χ0v) is 11.2. The van der Waals surface area contributed by atoms with Crippen molar-refractivity contribution in [2.75, 3.05) is 17.7 Å². The van der Waals surface area contributed by atoms with Crippen LogP contribution in [0.3, 0.4) is 0 Å². The molecular formula is C13H14BrN3. The first kappa shape index (κ1) is 11.9. The van der Waals surface area contributed by atoms with Gasteiger partial charge in [0.15, 0.2) is 0 Å². The molecule has 2 rings (SSSR count). The topological polar surface area (TPSA) is 37.0 Å². The standard InChI is InChI=1S/C13H14BrN3/c1-15-12-6-13(9-16-8-12)17-7-10-3-2-4-11(14)5-10/h2-6,8-9,15,17H,7H2,1H3. The third-order valence-corrected chi connectivity index (χ3v) is 2.91. The summed E-state index contributed by atoms with van der Waals surface area (Å²) in [5, 5.41) is 6.40. The molecule has 0 spiro atoms. The minimum atomic E-state index is 0.786. The molecule has 88 valence electrons. The van der Waals surface area contributed by atoms with E-state index >= 15 is 0 Å². The third-order valence-electron chi connectivity index (χ3n) is 2.41. The zero-order chi connectivity index (χ0) is 12.1. The minimum Gasteiger partial charge on any atom is -0.387 e. The van der Waals surface area contributed by atoms with Gasteiger partial charge in [-0.2, -0.15) is 0 Å². The first-order chi connectivity index (χ1) is 8.28. The molecule has 0 radical (unpaired) electrons. The molecule has 0 fully saturated rings. The monoisotopic (exact) mass is 291 g/mol. The SMILES string of the molecule is CNc1cncc(NCc2cccc(Br)c2)c1. The van der Waals surface area contributed by atoms with Crippen molar-refractivity contribution in [2.24, 2.45) is 0 Å². The normalized spacial score (nSPS) is 10.0. The van der Waals surface area contributed by atoms with Crippen molar-refractivity contribution in [1.82, 2.24) is 4.98 Å². The second-order valence-corrected chi connectivity index (χ2v) is 4.61. The Labute approximate surface area is 109 Å². The van der Waals surface area contributed by atoms with E-state index in [0.29, 0.717) is 0 Å². The number of aromatic nitrogens is 1. The van der Waals surface area contributed by atoms with Gasteiger partial charge >= 0.3 is 0 Å². The van der Waals surface area contributed by atoms with E-state index in [1.807, 2.05) is 31.4 Å². The molecule has 0 saturated carbocycles. The van der Waals surface area contributed by atoms with E-state index in [4.69, 9.17) is 0 Å². The highest BCUT2D eigenvalue weighted by Gasteiger charge is 1.96. The fourth-order valence-corrected chi connectivity index (χ4v) is 1.97. The molecule has 0 aliphatic carbocycles. The molecule has 4 heteroatoms. The molecule has 0 saturated heterocycles. The molecule has 2 N–H and O–H groups in total. The average Bonchev–Trinajstić information content (AvgIpc) is 2.37. The highest BCUT2D eigenvalue weighted by molar-refractivity contribution is 9.10. The molecule has 0 aliphatic heterocycles. The molecule has 17 heavy (non-hydrogen) atoms. The van der Waals surface area contributed by atoms with E-state index in [2.05, 4.69) is 43.7 Å².